The highest BCUT2D eigenvalue weighted by molar-refractivity contribution is 7.99. The Labute approximate surface area is 105 Å². The number of nitriles is 1. The SMILES string of the molecule is Cc1ccnc(Sc2c(C)cccc2C#N)n1. The van der Waals surface area contributed by atoms with Crippen LogP contribution in [0.4, 0.5) is 0 Å². The fourth-order valence-electron chi connectivity index (χ4n) is 1.44. The van der Waals surface area contributed by atoms with Gasteiger partial charge >= 0.3 is 0 Å². The summed E-state index contributed by atoms with van der Waals surface area (Å²) in [5.74, 6) is 0. The molecular formula is C13H11N3S. The Kier molecular flexibility index (Phi) is 3.40. The van der Waals surface area contributed by atoms with E-state index in [0.717, 1.165) is 16.2 Å². The van der Waals surface area contributed by atoms with Gasteiger partial charge in [-0.25, -0.2) is 9.97 Å². The molecule has 2 rings (SSSR count). The minimum Gasteiger partial charge on any atom is -0.231 e. The lowest BCUT2D eigenvalue weighted by molar-refractivity contribution is 0.931. The molecule has 4 heteroatoms. The van der Waals surface area contributed by atoms with Crippen LogP contribution in [0.5, 0.6) is 0 Å². The highest BCUT2D eigenvalue weighted by Crippen LogP contribution is 2.30. The predicted octanol–water partition coefficient (Wildman–Crippen LogP) is 3.12. The van der Waals surface area contributed by atoms with Crippen molar-refractivity contribution >= 4 is 11.8 Å². The van der Waals surface area contributed by atoms with E-state index in [1.165, 1.54) is 11.8 Å². The fraction of sp³-hybridized carbons (Fsp3) is 0.154. The number of aryl methyl sites for hydroxylation is 2. The first-order valence-electron chi connectivity index (χ1n) is 5.18. The summed E-state index contributed by atoms with van der Waals surface area (Å²) in [4.78, 5) is 9.45. The smallest absolute Gasteiger partial charge is 0.192 e. The van der Waals surface area contributed by atoms with Crippen molar-refractivity contribution in [3.8, 4) is 6.07 Å². The molecule has 0 aliphatic carbocycles. The van der Waals surface area contributed by atoms with Gasteiger partial charge in [-0.1, -0.05) is 12.1 Å². The Morgan fingerprint density at radius 3 is 2.76 bits per heavy atom. The molecule has 0 spiro atoms. The Balaban J connectivity index is 2.40. The number of rotatable bonds is 2. The van der Waals surface area contributed by atoms with Crippen molar-refractivity contribution in [2.45, 2.75) is 23.9 Å². The summed E-state index contributed by atoms with van der Waals surface area (Å²) in [6, 6.07) is 9.73. The Morgan fingerprint density at radius 2 is 2.06 bits per heavy atom. The minimum absolute atomic E-state index is 0.667. The third-order valence-corrected chi connectivity index (χ3v) is 3.42. The largest absolute Gasteiger partial charge is 0.231 e. The molecule has 0 N–H and O–H groups in total. The number of aromatic nitrogens is 2. The van der Waals surface area contributed by atoms with Crippen LogP contribution in [-0.4, -0.2) is 9.97 Å². The Bertz CT molecular complexity index is 587. The minimum atomic E-state index is 0.667. The number of hydrogen-bond donors (Lipinski definition) is 0. The summed E-state index contributed by atoms with van der Waals surface area (Å²) >= 11 is 1.43. The molecule has 84 valence electrons. The van der Waals surface area contributed by atoms with Crippen molar-refractivity contribution in [3.63, 3.8) is 0 Å². The summed E-state index contributed by atoms with van der Waals surface area (Å²) < 4.78 is 0. The third kappa shape index (κ3) is 2.63. The first-order chi connectivity index (χ1) is 8.20. The van der Waals surface area contributed by atoms with Crippen LogP contribution in [0.25, 0.3) is 0 Å². The zero-order chi connectivity index (χ0) is 12.3. The first kappa shape index (κ1) is 11.6. The van der Waals surface area contributed by atoms with E-state index < -0.39 is 0 Å². The van der Waals surface area contributed by atoms with Gasteiger partial charge in [-0.15, -0.1) is 0 Å². The van der Waals surface area contributed by atoms with Crippen molar-refractivity contribution in [1.82, 2.24) is 9.97 Å². The summed E-state index contributed by atoms with van der Waals surface area (Å²) in [5.41, 5.74) is 2.66. The Hall–Kier alpha value is -1.86. The van der Waals surface area contributed by atoms with Crippen LogP contribution in [0.15, 0.2) is 40.5 Å². The molecule has 17 heavy (non-hydrogen) atoms. The van der Waals surface area contributed by atoms with E-state index in [1.807, 2.05) is 38.1 Å². The van der Waals surface area contributed by atoms with Crippen LogP contribution in [0, 0.1) is 25.2 Å². The summed E-state index contributed by atoms with van der Waals surface area (Å²) in [7, 11) is 0. The van der Waals surface area contributed by atoms with Gasteiger partial charge in [0.15, 0.2) is 5.16 Å². The molecule has 0 unspecified atom stereocenters. The fourth-order valence-corrected chi connectivity index (χ4v) is 2.38. The van der Waals surface area contributed by atoms with E-state index >= 15 is 0 Å². The second-order valence-electron chi connectivity index (χ2n) is 3.65. The van der Waals surface area contributed by atoms with E-state index in [0.29, 0.717) is 10.7 Å². The van der Waals surface area contributed by atoms with Crippen molar-refractivity contribution in [2.24, 2.45) is 0 Å². The molecule has 0 radical (unpaired) electrons. The lowest BCUT2D eigenvalue weighted by atomic mass is 10.1. The lowest BCUT2D eigenvalue weighted by Crippen LogP contribution is -1.91. The molecule has 0 amide bonds. The van der Waals surface area contributed by atoms with Crippen LogP contribution in [0.3, 0.4) is 0 Å². The van der Waals surface area contributed by atoms with Gasteiger partial charge in [0.2, 0.25) is 0 Å². The summed E-state index contributed by atoms with van der Waals surface area (Å²) in [5, 5.41) is 9.75. The standard InChI is InChI=1S/C13H11N3S/c1-9-4-3-5-11(8-14)12(9)17-13-15-7-6-10(2)16-13/h3-7H,1-2H3. The van der Waals surface area contributed by atoms with Crippen LogP contribution >= 0.6 is 11.8 Å². The van der Waals surface area contributed by atoms with Gasteiger partial charge in [0.05, 0.1) is 5.56 Å². The van der Waals surface area contributed by atoms with Crippen molar-refractivity contribution < 1.29 is 0 Å². The average molecular weight is 241 g/mol. The predicted molar refractivity (Wildman–Crippen MR) is 66.8 cm³/mol. The molecule has 0 saturated heterocycles. The molecule has 1 aromatic carbocycles. The number of nitrogens with zero attached hydrogens (tertiary/aromatic N) is 3. The summed E-state index contributed by atoms with van der Waals surface area (Å²) in [6.45, 7) is 3.91. The van der Waals surface area contributed by atoms with Crippen LogP contribution in [-0.2, 0) is 0 Å². The molecule has 0 fully saturated rings. The van der Waals surface area contributed by atoms with Crippen molar-refractivity contribution in [1.29, 1.82) is 5.26 Å². The highest BCUT2D eigenvalue weighted by Gasteiger charge is 2.08. The van der Waals surface area contributed by atoms with Gasteiger partial charge in [0, 0.05) is 16.8 Å². The number of hydrogen-bond acceptors (Lipinski definition) is 4. The van der Waals surface area contributed by atoms with Gasteiger partial charge < -0.3 is 0 Å². The molecule has 0 saturated carbocycles. The van der Waals surface area contributed by atoms with E-state index in [2.05, 4.69) is 16.0 Å². The molecule has 0 aliphatic rings. The van der Waals surface area contributed by atoms with Crippen molar-refractivity contribution in [2.75, 3.05) is 0 Å². The molecule has 0 bridgehead atoms. The topological polar surface area (TPSA) is 49.6 Å². The first-order valence-corrected chi connectivity index (χ1v) is 5.99. The summed E-state index contributed by atoms with van der Waals surface area (Å²) in [6.07, 6.45) is 1.73. The molecule has 2 aromatic rings. The lowest BCUT2D eigenvalue weighted by Gasteiger charge is -2.06. The quantitative estimate of drug-likeness (QED) is 0.758. The second-order valence-corrected chi connectivity index (χ2v) is 4.62. The zero-order valence-corrected chi connectivity index (χ0v) is 10.5. The van der Waals surface area contributed by atoms with Crippen LogP contribution < -0.4 is 0 Å². The normalized spacial score (nSPS) is 9.94. The van der Waals surface area contributed by atoms with Crippen LogP contribution in [0.1, 0.15) is 16.8 Å². The van der Waals surface area contributed by atoms with E-state index in [4.69, 9.17) is 5.26 Å². The maximum absolute atomic E-state index is 9.07. The second kappa shape index (κ2) is 4.98. The number of benzene rings is 1. The molecular weight excluding hydrogens is 230 g/mol. The molecule has 3 nitrogen and oxygen atoms in total. The van der Waals surface area contributed by atoms with Gasteiger partial charge in [0.25, 0.3) is 0 Å². The molecule has 0 aliphatic heterocycles. The van der Waals surface area contributed by atoms with Gasteiger partial charge in [-0.3, -0.25) is 0 Å². The molecule has 0 atom stereocenters. The molecule has 1 aromatic heterocycles. The van der Waals surface area contributed by atoms with Crippen molar-refractivity contribution in [3.05, 3.63) is 47.3 Å². The average Bonchev–Trinajstić information content (AvgIpc) is 2.32. The van der Waals surface area contributed by atoms with Crippen LogP contribution in [0.2, 0.25) is 0 Å². The Morgan fingerprint density at radius 1 is 1.24 bits per heavy atom. The maximum Gasteiger partial charge on any atom is 0.192 e. The van der Waals surface area contributed by atoms with E-state index in [-0.39, 0.29) is 0 Å². The van der Waals surface area contributed by atoms with Gasteiger partial charge in [-0.2, -0.15) is 5.26 Å². The molecule has 1 heterocycles. The van der Waals surface area contributed by atoms with Gasteiger partial charge in [-0.05, 0) is 43.3 Å². The zero-order valence-electron chi connectivity index (χ0n) is 9.64. The van der Waals surface area contributed by atoms with Gasteiger partial charge in [0.1, 0.15) is 6.07 Å². The maximum atomic E-state index is 9.07. The third-order valence-electron chi connectivity index (χ3n) is 2.30. The van der Waals surface area contributed by atoms with E-state index in [9.17, 15) is 0 Å². The van der Waals surface area contributed by atoms with E-state index in [1.54, 1.807) is 6.20 Å². The monoisotopic (exact) mass is 241 g/mol. The highest BCUT2D eigenvalue weighted by atomic mass is 32.2.